The standard InChI is InChI=1S/C13H15NO4S/c1-4-12-10(3)18-13(15)14(12)19(16,17)11-7-5-9(2)6-8-11/h4-8,10,12H,1H2,2-3H3/t10-,12-/m0/s1. The number of hydrogen-bond donors (Lipinski definition) is 0. The number of cyclic esters (lactones) is 1. The molecule has 1 aromatic rings. The molecule has 0 aliphatic carbocycles. The van der Waals surface area contributed by atoms with Crippen LogP contribution in [-0.2, 0) is 14.8 Å². The first kappa shape index (κ1) is 13.6. The predicted molar refractivity (Wildman–Crippen MR) is 70.1 cm³/mol. The van der Waals surface area contributed by atoms with E-state index in [4.69, 9.17) is 4.74 Å². The molecule has 5 nitrogen and oxygen atoms in total. The highest BCUT2D eigenvalue weighted by molar-refractivity contribution is 7.89. The lowest BCUT2D eigenvalue weighted by atomic mass is 10.2. The third-order valence-corrected chi connectivity index (χ3v) is 4.82. The number of carbonyl (C=O) groups is 1. The fourth-order valence-electron chi connectivity index (χ4n) is 1.96. The van der Waals surface area contributed by atoms with Crippen LogP contribution in [0.4, 0.5) is 4.79 Å². The molecule has 0 aromatic heterocycles. The molecule has 0 spiro atoms. The van der Waals surface area contributed by atoms with Crippen LogP contribution in [0.2, 0.25) is 0 Å². The highest BCUT2D eigenvalue weighted by atomic mass is 32.2. The first-order chi connectivity index (χ1) is 8.87. The van der Waals surface area contributed by atoms with Crippen LogP contribution in [0.3, 0.4) is 0 Å². The molecule has 1 aromatic carbocycles. The maximum Gasteiger partial charge on any atom is 0.424 e. The molecule has 0 radical (unpaired) electrons. The smallest absolute Gasteiger partial charge is 0.424 e. The van der Waals surface area contributed by atoms with E-state index < -0.39 is 28.3 Å². The molecule has 0 N–H and O–H groups in total. The molecule has 19 heavy (non-hydrogen) atoms. The Balaban J connectivity index is 2.47. The minimum atomic E-state index is -3.91. The van der Waals surface area contributed by atoms with E-state index in [9.17, 15) is 13.2 Å². The summed E-state index contributed by atoms with van der Waals surface area (Å²) in [7, 11) is -3.91. The maximum absolute atomic E-state index is 12.4. The first-order valence-corrected chi connectivity index (χ1v) is 7.26. The fourth-order valence-corrected chi connectivity index (χ4v) is 3.49. The third-order valence-electron chi connectivity index (χ3n) is 3.04. The summed E-state index contributed by atoms with van der Waals surface area (Å²) < 4.78 is 30.6. The van der Waals surface area contributed by atoms with Crippen LogP contribution < -0.4 is 0 Å². The zero-order chi connectivity index (χ0) is 14.2. The van der Waals surface area contributed by atoms with Crippen LogP contribution >= 0.6 is 0 Å². The number of aryl methyl sites for hydroxylation is 1. The van der Waals surface area contributed by atoms with Gasteiger partial charge >= 0.3 is 6.09 Å². The van der Waals surface area contributed by atoms with E-state index in [1.165, 1.54) is 18.2 Å². The lowest BCUT2D eigenvalue weighted by Crippen LogP contribution is -2.39. The number of nitrogens with zero attached hydrogens (tertiary/aromatic N) is 1. The SMILES string of the molecule is C=C[C@H]1[C@H](C)OC(=O)N1S(=O)(=O)c1ccc(C)cc1. The van der Waals surface area contributed by atoms with E-state index in [1.807, 2.05) is 6.92 Å². The van der Waals surface area contributed by atoms with Crippen molar-refractivity contribution in [3.05, 3.63) is 42.5 Å². The van der Waals surface area contributed by atoms with Gasteiger partial charge in [-0.3, -0.25) is 0 Å². The number of benzene rings is 1. The van der Waals surface area contributed by atoms with Gasteiger partial charge in [-0.15, -0.1) is 6.58 Å². The van der Waals surface area contributed by atoms with Crippen LogP contribution in [0.25, 0.3) is 0 Å². The van der Waals surface area contributed by atoms with Gasteiger partial charge < -0.3 is 4.74 Å². The molecule has 102 valence electrons. The molecule has 1 aliphatic heterocycles. The average Bonchev–Trinajstić information content (AvgIpc) is 2.64. The van der Waals surface area contributed by atoms with E-state index in [0.717, 1.165) is 9.87 Å². The number of amides is 1. The summed E-state index contributed by atoms with van der Waals surface area (Å²) in [5.41, 5.74) is 0.941. The Labute approximate surface area is 112 Å². The van der Waals surface area contributed by atoms with E-state index in [-0.39, 0.29) is 4.90 Å². The van der Waals surface area contributed by atoms with Gasteiger partial charge in [-0.25, -0.2) is 13.2 Å². The Morgan fingerprint density at radius 2 is 1.89 bits per heavy atom. The van der Waals surface area contributed by atoms with Gasteiger partial charge in [0.1, 0.15) is 12.1 Å². The molecule has 1 heterocycles. The number of ether oxygens (including phenoxy) is 1. The van der Waals surface area contributed by atoms with Gasteiger partial charge in [-0.1, -0.05) is 23.8 Å². The van der Waals surface area contributed by atoms with Gasteiger partial charge in [-0.2, -0.15) is 4.31 Å². The van der Waals surface area contributed by atoms with Crippen LogP contribution in [0.5, 0.6) is 0 Å². The Morgan fingerprint density at radius 1 is 1.32 bits per heavy atom. The topological polar surface area (TPSA) is 63.7 Å². The maximum atomic E-state index is 12.4. The van der Waals surface area contributed by atoms with E-state index in [0.29, 0.717) is 0 Å². The molecule has 1 saturated heterocycles. The Morgan fingerprint density at radius 3 is 2.42 bits per heavy atom. The monoisotopic (exact) mass is 281 g/mol. The lowest BCUT2D eigenvalue weighted by molar-refractivity contribution is 0.142. The predicted octanol–water partition coefficient (Wildman–Crippen LogP) is 2.08. The van der Waals surface area contributed by atoms with E-state index >= 15 is 0 Å². The number of sulfonamides is 1. The Bertz CT molecular complexity index is 606. The highest BCUT2D eigenvalue weighted by Gasteiger charge is 2.45. The van der Waals surface area contributed by atoms with Crippen LogP contribution in [0.1, 0.15) is 12.5 Å². The van der Waals surface area contributed by atoms with Gasteiger partial charge in [0.2, 0.25) is 0 Å². The van der Waals surface area contributed by atoms with Crippen molar-refractivity contribution in [3.8, 4) is 0 Å². The second-order valence-electron chi connectivity index (χ2n) is 4.43. The molecule has 0 saturated carbocycles. The molecule has 1 amide bonds. The largest absolute Gasteiger partial charge is 0.443 e. The molecular weight excluding hydrogens is 266 g/mol. The summed E-state index contributed by atoms with van der Waals surface area (Å²) in [6, 6.07) is 5.63. The summed E-state index contributed by atoms with van der Waals surface area (Å²) >= 11 is 0. The first-order valence-electron chi connectivity index (χ1n) is 5.82. The third kappa shape index (κ3) is 2.23. The van der Waals surface area contributed by atoms with Crippen molar-refractivity contribution in [1.29, 1.82) is 0 Å². The van der Waals surface area contributed by atoms with Crippen LogP contribution in [0.15, 0.2) is 41.8 Å². The van der Waals surface area contributed by atoms with Gasteiger partial charge in [-0.05, 0) is 26.0 Å². The van der Waals surface area contributed by atoms with Crippen molar-refractivity contribution >= 4 is 16.1 Å². The molecule has 2 atom stereocenters. The molecule has 6 heteroatoms. The van der Waals surface area contributed by atoms with Crippen molar-refractivity contribution in [2.24, 2.45) is 0 Å². The summed E-state index contributed by atoms with van der Waals surface area (Å²) in [4.78, 5) is 11.8. The second-order valence-corrected chi connectivity index (χ2v) is 6.24. The number of rotatable bonds is 3. The van der Waals surface area contributed by atoms with Gasteiger partial charge in [0.25, 0.3) is 10.0 Å². The van der Waals surface area contributed by atoms with Crippen molar-refractivity contribution < 1.29 is 17.9 Å². The quantitative estimate of drug-likeness (QED) is 0.796. The van der Waals surface area contributed by atoms with Crippen molar-refractivity contribution in [2.45, 2.75) is 30.9 Å². The van der Waals surface area contributed by atoms with E-state index in [2.05, 4.69) is 6.58 Å². The summed E-state index contributed by atoms with van der Waals surface area (Å²) in [6.07, 6.45) is 0.00426. The second kappa shape index (κ2) is 4.70. The fraction of sp³-hybridized carbons (Fsp3) is 0.308. The molecule has 0 bridgehead atoms. The van der Waals surface area contributed by atoms with Crippen molar-refractivity contribution in [1.82, 2.24) is 4.31 Å². The Hall–Kier alpha value is -1.82. The summed E-state index contributed by atoms with van der Waals surface area (Å²) in [6.45, 7) is 7.05. The highest BCUT2D eigenvalue weighted by Crippen LogP contribution is 2.28. The zero-order valence-electron chi connectivity index (χ0n) is 10.7. The molecule has 1 fully saturated rings. The van der Waals surface area contributed by atoms with Crippen molar-refractivity contribution in [3.63, 3.8) is 0 Å². The average molecular weight is 281 g/mol. The molecular formula is C13H15NO4S. The van der Waals surface area contributed by atoms with Gasteiger partial charge in [0, 0.05) is 0 Å². The minimum Gasteiger partial charge on any atom is -0.443 e. The minimum absolute atomic E-state index is 0.0657. The van der Waals surface area contributed by atoms with Gasteiger partial charge in [0.15, 0.2) is 0 Å². The lowest BCUT2D eigenvalue weighted by Gasteiger charge is -2.19. The summed E-state index contributed by atoms with van der Waals surface area (Å²) in [5, 5.41) is 0. The molecule has 0 unspecified atom stereocenters. The number of carbonyl (C=O) groups excluding carboxylic acids is 1. The van der Waals surface area contributed by atoms with Gasteiger partial charge in [0.05, 0.1) is 4.90 Å². The zero-order valence-corrected chi connectivity index (χ0v) is 11.6. The Kier molecular flexibility index (Phi) is 3.36. The summed E-state index contributed by atoms with van der Waals surface area (Å²) in [5.74, 6) is 0. The van der Waals surface area contributed by atoms with Crippen LogP contribution in [-0.4, -0.2) is 31.0 Å². The molecule has 2 rings (SSSR count). The van der Waals surface area contributed by atoms with E-state index in [1.54, 1.807) is 19.1 Å². The number of hydrogen-bond acceptors (Lipinski definition) is 4. The van der Waals surface area contributed by atoms with Crippen molar-refractivity contribution in [2.75, 3.05) is 0 Å². The molecule has 1 aliphatic rings. The normalized spacial score (nSPS) is 23.3. The van der Waals surface area contributed by atoms with Crippen LogP contribution in [0, 0.1) is 6.92 Å².